The molecule has 0 atom stereocenters. The van der Waals surface area contributed by atoms with Gasteiger partial charge >= 0.3 is 5.97 Å². The van der Waals surface area contributed by atoms with Crippen LogP contribution in [0.4, 0.5) is 0 Å². The van der Waals surface area contributed by atoms with Crippen molar-refractivity contribution in [3.63, 3.8) is 0 Å². The molecular formula is C23H49NO4. The van der Waals surface area contributed by atoms with Gasteiger partial charge in [0.1, 0.15) is 0 Å². The molecule has 0 saturated carbocycles. The number of carbonyl (C=O) groups is 1. The SMILES string of the molecule is CC(C)CCCCCCCCCCCCCCC(=O)O.CCC(N)(CO)CO. The van der Waals surface area contributed by atoms with E-state index in [-0.39, 0.29) is 13.2 Å². The Labute approximate surface area is 174 Å². The molecule has 5 N–H and O–H groups in total. The van der Waals surface area contributed by atoms with Crippen LogP contribution in [0, 0.1) is 5.92 Å². The molecule has 0 rings (SSSR count). The molecule has 0 radical (unpaired) electrons. The Morgan fingerprint density at radius 1 is 0.786 bits per heavy atom. The van der Waals surface area contributed by atoms with Crippen LogP contribution in [0.1, 0.15) is 117 Å². The third-order valence-corrected chi connectivity index (χ3v) is 5.26. The van der Waals surface area contributed by atoms with Crippen molar-refractivity contribution >= 4 is 5.97 Å². The van der Waals surface area contributed by atoms with E-state index in [0.717, 1.165) is 18.8 Å². The Balaban J connectivity index is 0. The Bertz CT molecular complexity index is 322. The average Bonchev–Trinajstić information content (AvgIpc) is 2.67. The minimum absolute atomic E-state index is 0.153. The fourth-order valence-corrected chi connectivity index (χ4v) is 2.87. The quantitative estimate of drug-likeness (QED) is 0.233. The summed E-state index contributed by atoms with van der Waals surface area (Å²) in [5, 5.41) is 25.5. The van der Waals surface area contributed by atoms with Crippen LogP contribution in [0.15, 0.2) is 0 Å². The van der Waals surface area contributed by atoms with E-state index in [0.29, 0.717) is 12.8 Å². The van der Waals surface area contributed by atoms with Crippen molar-refractivity contribution in [1.82, 2.24) is 0 Å². The Hall–Kier alpha value is -0.650. The van der Waals surface area contributed by atoms with Crippen LogP contribution in [-0.2, 0) is 4.79 Å². The molecule has 0 aliphatic carbocycles. The number of aliphatic hydroxyl groups is 2. The highest BCUT2D eigenvalue weighted by atomic mass is 16.4. The highest BCUT2D eigenvalue weighted by Crippen LogP contribution is 2.14. The van der Waals surface area contributed by atoms with Gasteiger partial charge in [0.25, 0.3) is 0 Å². The normalized spacial score (nSPS) is 11.4. The third kappa shape index (κ3) is 23.4. The Morgan fingerprint density at radius 3 is 1.39 bits per heavy atom. The minimum atomic E-state index is -0.764. The minimum Gasteiger partial charge on any atom is -0.481 e. The summed E-state index contributed by atoms with van der Waals surface area (Å²) in [7, 11) is 0. The van der Waals surface area contributed by atoms with E-state index in [1.54, 1.807) is 0 Å². The van der Waals surface area contributed by atoms with Crippen LogP contribution in [0.5, 0.6) is 0 Å². The maximum atomic E-state index is 10.3. The molecule has 0 aromatic carbocycles. The smallest absolute Gasteiger partial charge is 0.303 e. The summed E-state index contributed by atoms with van der Waals surface area (Å²) < 4.78 is 0. The zero-order chi connectivity index (χ0) is 21.7. The maximum absolute atomic E-state index is 10.3. The van der Waals surface area contributed by atoms with E-state index >= 15 is 0 Å². The lowest BCUT2D eigenvalue weighted by Gasteiger charge is -2.21. The Morgan fingerprint density at radius 2 is 1.14 bits per heavy atom. The monoisotopic (exact) mass is 403 g/mol. The highest BCUT2D eigenvalue weighted by molar-refractivity contribution is 5.66. The van der Waals surface area contributed by atoms with Crippen LogP contribution >= 0.6 is 0 Å². The van der Waals surface area contributed by atoms with Gasteiger partial charge in [0, 0.05) is 6.42 Å². The fourth-order valence-electron chi connectivity index (χ4n) is 2.87. The molecule has 0 spiro atoms. The van der Waals surface area contributed by atoms with Gasteiger partial charge in [-0.15, -0.1) is 0 Å². The van der Waals surface area contributed by atoms with Gasteiger partial charge in [-0.3, -0.25) is 4.79 Å². The van der Waals surface area contributed by atoms with Crippen molar-refractivity contribution in [3.8, 4) is 0 Å². The zero-order valence-corrected chi connectivity index (χ0v) is 18.9. The lowest BCUT2D eigenvalue weighted by atomic mass is 10.0. The lowest BCUT2D eigenvalue weighted by molar-refractivity contribution is -0.137. The second kappa shape index (κ2) is 21.1. The van der Waals surface area contributed by atoms with Crippen molar-refractivity contribution < 1.29 is 20.1 Å². The first-order valence-corrected chi connectivity index (χ1v) is 11.5. The van der Waals surface area contributed by atoms with Gasteiger partial charge in [-0.2, -0.15) is 0 Å². The van der Waals surface area contributed by atoms with Gasteiger partial charge in [-0.05, 0) is 18.8 Å². The van der Waals surface area contributed by atoms with Crippen molar-refractivity contribution in [1.29, 1.82) is 0 Å². The standard InChI is InChI=1S/C18H36O2.C5H13NO2/c1-17(2)15-13-11-9-7-5-3-4-6-8-10-12-14-16-18(19)20;1-2-5(6,3-7)4-8/h17H,3-16H2,1-2H3,(H,19,20);7-8H,2-4,6H2,1H3. The van der Waals surface area contributed by atoms with Crippen LogP contribution in [0.25, 0.3) is 0 Å². The van der Waals surface area contributed by atoms with Gasteiger partial charge in [0.2, 0.25) is 0 Å². The van der Waals surface area contributed by atoms with E-state index in [1.807, 2.05) is 6.92 Å². The number of hydrogen-bond donors (Lipinski definition) is 4. The molecule has 0 bridgehead atoms. The molecule has 5 nitrogen and oxygen atoms in total. The first kappa shape index (κ1) is 29.6. The average molecular weight is 404 g/mol. The molecular weight excluding hydrogens is 354 g/mol. The first-order valence-electron chi connectivity index (χ1n) is 11.5. The first-order chi connectivity index (χ1) is 13.3. The molecule has 0 aromatic rings. The molecule has 0 unspecified atom stereocenters. The summed E-state index contributed by atoms with van der Waals surface area (Å²) in [6.45, 7) is 6.13. The summed E-state index contributed by atoms with van der Waals surface area (Å²) in [5.41, 5.74) is 4.63. The van der Waals surface area contributed by atoms with Gasteiger partial charge in [-0.25, -0.2) is 0 Å². The van der Waals surface area contributed by atoms with Crippen molar-refractivity contribution in [2.45, 2.75) is 123 Å². The summed E-state index contributed by atoms with van der Waals surface area (Å²) in [4.78, 5) is 10.3. The molecule has 0 aliphatic rings. The van der Waals surface area contributed by atoms with Gasteiger partial charge in [-0.1, -0.05) is 97.8 Å². The number of rotatable bonds is 18. The molecule has 0 aliphatic heterocycles. The number of nitrogens with two attached hydrogens (primary N) is 1. The molecule has 0 amide bonds. The van der Waals surface area contributed by atoms with Crippen molar-refractivity contribution in [2.75, 3.05) is 13.2 Å². The molecule has 0 heterocycles. The molecule has 28 heavy (non-hydrogen) atoms. The maximum Gasteiger partial charge on any atom is 0.303 e. The van der Waals surface area contributed by atoms with Crippen LogP contribution in [0.2, 0.25) is 0 Å². The van der Waals surface area contributed by atoms with Crippen LogP contribution in [-0.4, -0.2) is 40.0 Å². The molecule has 0 fully saturated rings. The van der Waals surface area contributed by atoms with Crippen LogP contribution < -0.4 is 5.73 Å². The molecule has 5 heteroatoms. The number of hydrogen-bond acceptors (Lipinski definition) is 4. The number of aliphatic carboxylic acids is 1. The summed E-state index contributed by atoms with van der Waals surface area (Å²) >= 11 is 0. The third-order valence-electron chi connectivity index (χ3n) is 5.26. The fraction of sp³-hybridized carbons (Fsp3) is 0.957. The van der Waals surface area contributed by atoms with E-state index in [4.69, 9.17) is 21.1 Å². The largest absolute Gasteiger partial charge is 0.481 e. The van der Waals surface area contributed by atoms with E-state index in [2.05, 4.69) is 13.8 Å². The van der Waals surface area contributed by atoms with Crippen LogP contribution in [0.3, 0.4) is 0 Å². The predicted molar refractivity (Wildman–Crippen MR) is 118 cm³/mol. The summed E-state index contributed by atoms with van der Waals surface area (Å²) in [5.74, 6) is 0.212. The second-order valence-electron chi connectivity index (χ2n) is 8.60. The van der Waals surface area contributed by atoms with E-state index < -0.39 is 11.5 Å². The lowest BCUT2D eigenvalue weighted by Crippen LogP contribution is -2.46. The summed E-state index contributed by atoms with van der Waals surface area (Å²) in [6.07, 6.45) is 17.9. The molecule has 170 valence electrons. The molecule has 0 saturated heterocycles. The van der Waals surface area contributed by atoms with Gasteiger partial charge < -0.3 is 21.1 Å². The van der Waals surface area contributed by atoms with Gasteiger partial charge in [0.05, 0.1) is 18.8 Å². The van der Waals surface area contributed by atoms with Crippen molar-refractivity contribution in [2.24, 2.45) is 11.7 Å². The van der Waals surface area contributed by atoms with Crippen molar-refractivity contribution in [3.05, 3.63) is 0 Å². The topological polar surface area (TPSA) is 104 Å². The Kier molecular flexibility index (Phi) is 22.2. The number of carboxylic acids is 1. The number of carboxylic acid groups (broad SMARTS) is 1. The summed E-state index contributed by atoms with van der Waals surface area (Å²) in [6, 6.07) is 0. The van der Waals surface area contributed by atoms with E-state index in [9.17, 15) is 4.79 Å². The number of aliphatic hydroxyl groups excluding tert-OH is 2. The zero-order valence-electron chi connectivity index (χ0n) is 18.9. The van der Waals surface area contributed by atoms with E-state index in [1.165, 1.54) is 70.6 Å². The molecule has 0 aromatic heterocycles. The van der Waals surface area contributed by atoms with Gasteiger partial charge in [0.15, 0.2) is 0 Å². The highest BCUT2D eigenvalue weighted by Gasteiger charge is 2.19. The number of unbranched alkanes of at least 4 members (excludes halogenated alkanes) is 11. The second-order valence-corrected chi connectivity index (χ2v) is 8.60. The predicted octanol–water partition coefficient (Wildman–Crippen LogP) is 5.27.